The number of nitrogens with zero attached hydrogens (tertiary/aromatic N) is 4. The van der Waals surface area contributed by atoms with Gasteiger partial charge in [-0.05, 0) is 31.7 Å². The molecule has 25 heavy (non-hydrogen) atoms. The molecule has 0 atom stereocenters. The molecule has 0 bridgehead atoms. The number of aliphatic hydroxyl groups excluding tert-OH is 1. The maximum atomic E-state index is 9.52. The predicted octanol–water partition coefficient (Wildman–Crippen LogP) is -0.421. The largest absolute Gasteiger partial charge is 0.460 e. The standard InChI is InChI=1S/C15H20N4O6/c20-14(21)19-7-6-11(18-19)12-10(15(22,23)24)8-16-13(17-12)25-9-4-2-1-3-5-9/h6-9,14,20-24H,1-5H2. The topological polar surface area (TPSA) is 154 Å². The summed E-state index contributed by atoms with van der Waals surface area (Å²) in [7, 11) is 0. The highest BCUT2D eigenvalue weighted by Gasteiger charge is 2.30. The zero-order valence-corrected chi connectivity index (χ0v) is 13.4. The molecule has 0 aliphatic heterocycles. The fourth-order valence-corrected chi connectivity index (χ4v) is 2.79. The average molecular weight is 352 g/mol. The summed E-state index contributed by atoms with van der Waals surface area (Å²) in [6, 6.07) is 1.40. The Hall–Kier alpha value is -2.11. The molecule has 0 saturated heterocycles. The molecule has 1 aliphatic rings. The van der Waals surface area contributed by atoms with Gasteiger partial charge in [0.2, 0.25) is 0 Å². The molecule has 0 spiro atoms. The second-order valence-electron chi connectivity index (χ2n) is 5.96. The van der Waals surface area contributed by atoms with Gasteiger partial charge in [-0.25, -0.2) is 9.67 Å². The minimum Gasteiger partial charge on any atom is -0.460 e. The van der Waals surface area contributed by atoms with Crippen molar-refractivity contribution in [3.63, 3.8) is 0 Å². The van der Waals surface area contributed by atoms with Gasteiger partial charge in [0.15, 0.2) is 0 Å². The maximum absolute atomic E-state index is 9.52. The monoisotopic (exact) mass is 352 g/mol. The Morgan fingerprint density at radius 3 is 2.48 bits per heavy atom. The molecule has 2 aromatic rings. The van der Waals surface area contributed by atoms with Crippen molar-refractivity contribution in [2.75, 3.05) is 0 Å². The van der Waals surface area contributed by atoms with E-state index in [-0.39, 0.29) is 23.5 Å². The van der Waals surface area contributed by atoms with Gasteiger partial charge in [-0.1, -0.05) is 6.42 Å². The number of rotatable bonds is 5. The second-order valence-corrected chi connectivity index (χ2v) is 5.96. The lowest BCUT2D eigenvalue weighted by atomic mass is 9.98. The molecule has 0 amide bonds. The highest BCUT2D eigenvalue weighted by molar-refractivity contribution is 5.59. The van der Waals surface area contributed by atoms with Crippen molar-refractivity contribution in [3.05, 3.63) is 24.0 Å². The van der Waals surface area contributed by atoms with Gasteiger partial charge in [-0.15, -0.1) is 0 Å². The van der Waals surface area contributed by atoms with Gasteiger partial charge in [0.25, 0.3) is 6.41 Å². The van der Waals surface area contributed by atoms with Crippen LogP contribution in [0.3, 0.4) is 0 Å². The van der Waals surface area contributed by atoms with Gasteiger partial charge >= 0.3 is 12.0 Å². The van der Waals surface area contributed by atoms with E-state index in [0.29, 0.717) is 0 Å². The summed E-state index contributed by atoms with van der Waals surface area (Å²) in [6.07, 6.45) is 5.46. The van der Waals surface area contributed by atoms with Crippen LogP contribution >= 0.6 is 0 Å². The van der Waals surface area contributed by atoms with Crippen molar-refractivity contribution in [1.29, 1.82) is 0 Å². The fraction of sp³-hybridized carbons (Fsp3) is 0.533. The van der Waals surface area contributed by atoms with E-state index >= 15 is 0 Å². The summed E-state index contributed by atoms with van der Waals surface area (Å²) in [6.45, 7) is 0. The van der Waals surface area contributed by atoms with Crippen LogP contribution in [0.4, 0.5) is 0 Å². The van der Waals surface area contributed by atoms with Gasteiger partial charge in [-0.2, -0.15) is 10.1 Å². The molecule has 1 fully saturated rings. The molecular weight excluding hydrogens is 332 g/mol. The molecule has 2 aromatic heterocycles. The van der Waals surface area contributed by atoms with Crippen LogP contribution in [0.25, 0.3) is 11.4 Å². The van der Waals surface area contributed by atoms with Gasteiger partial charge in [0, 0.05) is 12.4 Å². The van der Waals surface area contributed by atoms with Gasteiger partial charge in [0.05, 0.1) is 5.56 Å². The number of ether oxygens (including phenoxy) is 1. The van der Waals surface area contributed by atoms with Crippen molar-refractivity contribution < 1.29 is 30.3 Å². The van der Waals surface area contributed by atoms with Crippen molar-refractivity contribution in [3.8, 4) is 17.4 Å². The number of aromatic nitrogens is 4. The quantitative estimate of drug-likeness (QED) is 0.451. The number of aliphatic hydroxyl groups is 5. The first kappa shape index (κ1) is 17.7. The zero-order valence-electron chi connectivity index (χ0n) is 13.4. The summed E-state index contributed by atoms with van der Waals surface area (Å²) >= 11 is 0. The van der Waals surface area contributed by atoms with Crippen LogP contribution in [-0.4, -0.2) is 51.4 Å². The van der Waals surface area contributed by atoms with Crippen molar-refractivity contribution >= 4 is 0 Å². The van der Waals surface area contributed by atoms with E-state index in [0.717, 1.165) is 43.0 Å². The van der Waals surface area contributed by atoms with Crippen molar-refractivity contribution in [2.24, 2.45) is 0 Å². The molecule has 10 nitrogen and oxygen atoms in total. The fourth-order valence-electron chi connectivity index (χ4n) is 2.79. The molecule has 1 aliphatic carbocycles. The van der Waals surface area contributed by atoms with Gasteiger partial charge in [0.1, 0.15) is 17.5 Å². The Labute approximate surface area is 143 Å². The van der Waals surface area contributed by atoms with Crippen molar-refractivity contribution in [1.82, 2.24) is 19.7 Å². The maximum Gasteiger partial charge on any atom is 0.317 e. The Balaban J connectivity index is 1.95. The van der Waals surface area contributed by atoms with Crippen LogP contribution in [0.5, 0.6) is 6.01 Å². The Bertz CT molecular complexity index is 721. The average Bonchev–Trinajstić information content (AvgIpc) is 3.05. The van der Waals surface area contributed by atoms with E-state index in [1.54, 1.807) is 0 Å². The lowest BCUT2D eigenvalue weighted by molar-refractivity contribution is -0.323. The third-order valence-corrected chi connectivity index (χ3v) is 4.04. The lowest BCUT2D eigenvalue weighted by Crippen LogP contribution is -2.26. The number of hydrogen-bond acceptors (Lipinski definition) is 9. The molecule has 3 rings (SSSR count). The van der Waals surface area contributed by atoms with Crippen LogP contribution < -0.4 is 4.74 Å². The highest BCUT2D eigenvalue weighted by atomic mass is 16.7. The van der Waals surface area contributed by atoms with E-state index in [1.165, 1.54) is 12.3 Å². The highest BCUT2D eigenvalue weighted by Crippen LogP contribution is 2.29. The normalized spacial score (nSPS) is 16.4. The molecule has 10 heteroatoms. The summed E-state index contributed by atoms with van der Waals surface area (Å²) in [5.74, 6) is -3.18. The van der Waals surface area contributed by atoms with Crippen LogP contribution in [0.1, 0.15) is 44.1 Å². The molecule has 0 unspecified atom stereocenters. The predicted molar refractivity (Wildman–Crippen MR) is 82.6 cm³/mol. The first-order valence-electron chi connectivity index (χ1n) is 7.97. The minimum atomic E-state index is -3.18. The molecule has 0 aromatic carbocycles. The molecule has 136 valence electrons. The molecular formula is C15H20N4O6. The summed E-state index contributed by atoms with van der Waals surface area (Å²) < 4.78 is 6.57. The van der Waals surface area contributed by atoms with E-state index in [1.807, 2.05) is 0 Å². The zero-order chi connectivity index (χ0) is 18.0. The Morgan fingerprint density at radius 2 is 1.88 bits per heavy atom. The first-order valence-corrected chi connectivity index (χ1v) is 7.97. The third-order valence-electron chi connectivity index (χ3n) is 4.04. The van der Waals surface area contributed by atoms with Crippen LogP contribution in [-0.2, 0) is 5.97 Å². The molecule has 2 heterocycles. The van der Waals surface area contributed by atoms with E-state index in [2.05, 4.69) is 15.1 Å². The SMILES string of the molecule is OC(O)n1ccc(-c2nc(OC3CCCCC3)ncc2C(O)(O)O)n1. The lowest BCUT2D eigenvalue weighted by Gasteiger charge is -2.22. The molecule has 5 N–H and O–H groups in total. The van der Waals surface area contributed by atoms with Crippen LogP contribution in [0, 0.1) is 0 Å². The van der Waals surface area contributed by atoms with E-state index in [4.69, 9.17) is 14.9 Å². The van der Waals surface area contributed by atoms with Crippen LogP contribution in [0.2, 0.25) is 0 Å². The molecule has 0 radical (unpaired) electrons. The summed E-state index contributed by atoms with van der Waals surface area (Å²) in [5, 5.41) is 50.7. The summed E-state index contributed by atoms with van der Waals surface area (Å²) in [4.78, 5) is 8.04. The number of hydrogen-bond donors (Lipinski definition) is 5. The third kappa shape index (κ3) is 4.11. The first-order chi connectivity index (χ1) is 11.8. The molecule has 1 saturated carbocycles. The van der Waals surface area contributed by atoms with E-state index < -0.39 is 18.0 Å². The van der Waals surface area contributed by atoms with Gasteiger partial charge in [-0.3, -0.25) is 0 Å². The second kappa shape index (κ2) is 7.02. The minimum absolute atomic E-state index is 0.0218. The van der Waals surface area contributed by atoms with Crippen LogP contribution in [0.15, 0.2) is 18.5 Å². The van der Waals surface area contributed by atoms with E-state index in [9.17, 15) is 15.3 Å². The Morgan fingerprint density at radius 1 is 1.16 bits per heavy atom. The Kier molecular flexibility index (Phi) is 4.97. The van der Waals surface area contributed by atoms with Crippen molar-refractivity contribution in [2.45, 2.75) is 50.6 Å². The summed E-state index contributed by atoms with van der Waals surface area (Å²) in [5.41, 5.74) is -0.408. The van der Waals surface area contributed by atoms with Gasteiger partial charge < -0.3 is 30.3 Å². The smallest absolute Gasteiger partial charge is 0.317 e.